The fraction of sp³-hybridized carbons (Fsp3) is 0.333. The number of carbonyl (C=O) groups excluding carboxylic acids is 1. The zero-order chi connectivity index (χ0) is 13.9. The highest BCUT2D eigenvalue weighted by atomic mass is 16.5. The number of carbonyl (C=O) groups is 1. The summed E-state index contributed by atoms with van der Waals surface area (Å²) in [5.74, 6) is 0.606. The summed E-state index contributed by atoms with van der Waals surface area (Å²) in [5, 5.41) is 0. The Morgan fingerprint density at radius 3 is 3.10 bits per heavy atom. The highest BCUT2D eigenvalue weighted by Crippen LogP contribution is 2.18. The van der Waals surface area contributed by atoms with Crippen molar-refractivity contribution < 1.29 is 13.9 Å². The second-order valence-corrected chi connectivity index (χ2v) is 4.91. The lowest BCUT2D eigenvalue weighted by molar-refractivity contribution is 0.0770. The van der Waals surface area contributed by atoms with Crippen LogP contribution in [0.5, 0.6) is 5.88 Å². The third-order valence-electron chi connectivity index (χ3n) is 3.35. The number of hydrogen-bond donors (Lipinski definition) is 0. The Labute approximate surface area is 117 Å². The zero-order valence-electron chi connectivity index (χ0n) is 11.3. The van der Waals surface area contributed by atoms with E-state index in [0.717, 1.165) is 12.1 Å². The maximum Gasteiger partial charge on any atom is 0.257 e. The molecule has 5 nitrogen and oxygen atoms in total. The summed E-state index contributed by atoms with van der Waals surface area (Å²) in [7, 11) is 0. The van der Waals surface area contributed by atoms with E-state index >= 15 is 0 Å². The molecule has 1 amide bonds. The summed E-state index contributed by atoms with van der Waals surface area (Å²) in [4.78, 5) is 18.3. The van der Waals surface area contributed by atoms with E-state index in [2.05, 4.69) is 4.98 Å². The topological polar surface area (TPSA) is 55.6 Å². The van der Waals surface area contributed by atoms with Gasteiger partial charge in [-0.1, -0.05) is 6.07 Å². The molecule has 0 aromatic carbocycles. The molecule has 5 heteroatoms. The van der Waals surface area contributed by atoms with Gasteiger partial charge in [0, 0.05) is 24.7 Å². The van der Waals surface area contributed by atoms with Crippen LogP contribution in [0.15, 0.2) is 41.2 Å². The van der Waals surface area contributed by atoms with Crippen LogP contribution >= 0.6 is 0 Å². The molecule has 20 heavy (non-hydrogen) atoms. The molecular weight excluding hydrogens is 256 g/mol. The third-order valence-corrected chi connectivity index (χ3v) is 3.35. The average Bonchev–Trinajstić information content (AvgIpc) is 3.09. The van der Waals surface area contributed by atoms with E-state index in [0.29, 0.717) is 24.5 Å². The zero-order valence-corrected chi connectivity index (χ0v) is 11.3. The van der Waals surface area contributed by atoms with Gasteiger partial charge < -0.3 is 14.1 Å². The number of pyridine rings is 1. The number of nitrogens with zero attached hydrogens (tertiary/aromatic N) is 2. The molecule has 0 bridgehead atoms. The minimum Gasteiger partial charge on any atom is -0.472 e. The Hall–Kier alpha value is -2.30. The lowest BCUT2D eigenvalue weighted by Gasteiger charge is -2.16. The van der Waals surface area contributed by atoms with Crippen molar-refractivity contribution in [2.45, 2.75) is 19.4 Å². The number of rotatable bonds is 3. The van der Waals surface area contributed by atoms with E-state index in [4.69, 9.17) is 9.15 Å². The molecule has 3 heterocycles. The molecule has 1 unspecified atom stereocenters. The highest BCUT2D eigenvalue weighted by molar-refractivity contribution is 5.94. The van der Waals surface area contributed by atoms with Crippen LogP contribution < -0.4 is 4.74 Å². The van der Waals surface area contributed by atoms with Crippen molar-refractivity contribution in [3.05, 3.63) is 48.0 Å². The molecule has 1 aliphatic heterocycles. The van der Waals surface area contributed by atoms with E-state index in [9.17, 15) is 4.79 Å². The number of hydrogen-bond acceptors (Lipinski definition) is 4. The molecule has 0 aliphatic carbocycles. The van der Waals surface area contributed by atoms with E-state index in [1.54, 1.807) is 11.0 Å². The molecule has 0 radical (unpaired) electrons. The van der Waals surface area contributed by atoms with Gasteiger partial charge in [-0.2, -0.15) is 0 Å². The summed E-state index contributed by atoms with van der Waals surface area (Å²) in [6, 6.07) is 7.36. The monoisotopic (exact) mass is 272 g/mol. The number of amides is 1. The van der Waals surface area contributed by atoms with Crippen LogP contribution in [-0.2, 0) is 0 Å². The number of aromatic nitrogens is 1. The normalized spacial score (nSPS) is 18.2. The molecule has 2 aromatic rings. The molecule has 0 spiro atoms. The van der Waals surface area contributed by atoms with Crippen molar-refractivity contribution in [2.24, 2.45) is 0 Å². The van der Waals surface area contributed by atoms with Crippen LogP contribution in [0.4, 0.5) is 0 Å². The maximum absolute atomic E-state index is 12.2. The van der Waals surface area contributed by atoms with Gasteiger partial charge in [-0.05, 0) is 19.1 Å². The number of ether oxygens (including phenoxy) is 1. The van der Waals surface area contributed by atoms with Gasteiger partial charge >= 0.3 is 0 Å². The summed E-state index contributed by atoms with van der Waals surface area (Å²) in [6.45, 7) is 3.20. The fourth-order valence-corrected chi connectivity index (χ4v) is 2.33. The molecule has 1 aliphatic rings. The molecule has 104 valence electrons. The van der Waals surface area contributed by atoms with E-state index in [1.165, 1.54) is 12.5 Å². The fourth-order valence-electron chi connectivity index (χ4n) is 2.33. The minimum atomic E-state index is -0.0120. The third kappa shape index (κ3) is 2.66. The molecule has 0 N–H and O–H groups in total. The molecule has 3 rings (SSSR count). The molecule has 1 saturated heterocycles. The van der Waals surface area contributed by atoms with Gasteiger partial charge in [0.2, 0.25) is 5.88 Å². The van der Waals surface area contributed by atoms with Crippen LogP contribution in [0.25, 0.3) is 0 Å². The van der Waals surface area contributed by atoms with Crippen LogP contribution in [0.3, 0.4) is 0 Å². The van der Waals surface area contributed by atoms with Gasteiger partial charge in [-0.25, -0.2) is 4.98 Å². The van der Waals surface area contributed by atoms with Crippen molar-refractivity contribution >= 4 is 5.91 Å². The van der Waals surface area contributed by atoms with Crippen molar-refractivity contribution in [2.75, 3.05) is 13.1 Å². The Morgan fingerprint density at radius 2 is 2.35 bits per heavy atom. The second-order valence-electron chi connectivity index (χ2n) is 4.91. The molecular formula is C15H16N2O3. The van der Waals surface area contributed by atoms with Crippen LogP contribution in [-0.4, -0.2) is 35.0 Å². The quantitative estimate of drug-likeness (QED) is 0.860. The molecule has 0 saturated carbocycles. The number of aryl methyl sites for hydroxylation is 1. The SMILES string of the molecule is Cc1cccc(OC2CCN(C(=O)c3ccoc3)C2)n1. The van der Waals surface area contributed by atoms with Gasteiger partial charge in [0.05, 0.1) is 18.4 Å². The summed E-state index contributed by atoms with van der Waals surface area (Å²) in [5.41, 5.74) is 1.51. The smallest absolute Gasteiger partial charge is 0.257 e. The van der Waals surface area contributed by atoms with Gasteiger partial charge in [-0.15, -0.1) is 0 Å². The Kier molecular flexibility index (Phi) is 3.41. The lowest BCUT2D eigenvalue weighted by Crippen LogP contribution is -2.30. The summed E-state index contributed by atoms with van der Waals surface area (Å²) >= 11 is 0. The maximum atomic E-state index is 12.2. The molecule has 2 aromatic heterocycles. The Bertz CT molecular complexity index is 595. The van der Waals surface area contributed by atoms with Crippen LogP contribution in [0.1, 0.15) is 22.5 Å². The van der Waals surface area contributed by atoms with Crippen molar-refractivity contribution in [3.63, 3.8) is 0 Å². The van der Waals surface area contributed by atoms with Crippen LogP contribution in [0.2, 0.25) is 0 Å². The van der Waals surface area contributed by atoms with Gasteiger partial charge in [-0.3, -0.25) is 4.79 Å². The van der Waals surface area contributed by atoms with Gasteiger partial charge in [0.1, 0.15) is 12.4 Å². The number of furan rings is 1. The number of likely N-dealkylation sites (tertiary alicyclic amines) is 1. The van der Waals surface area contributed by atoms with Crippen molar-refractivity contribution in [1.29, 1.82) is 0 Å². The first-order valence-electron chi connectivity index (χ1n) is 6.64. The van der Waals surface area contributed by atoms with Gasteiger partial charge in [0.15, 0.2) is 0 Å². The summed E-state index contributed by atoms with van der Waals surface area (Å²) < 4.78 is 10.8. The highest BCUT2D eigenvalue weighted by Gasteiger charge is 2.28. The Balaban J connectivity index is 1.61. The minimum absolute atomic E-state index is 0.000140. The second kappa shape index (κ2) is 5.36. The first-order valence-corrected chi connectivity index (χ1v) is 6.64. The van der Waals surface area contributed by atoms with E-state index < -0.39 is 0 Å². The lowest BCUT2D eigenvalue weighted by atomic mass is 10.3. The van der Waals surface area contributed by atoms with Crippen LogP contribution in [0, 0.1) is 6.92 Å². The van der Waals surface area contributed by atoms with Gasteiger partial charge in [0.25, 0.3) is 5.91 Å². The van der Waals surface area contributed by atoms with E-state index in [-0.39, 0.29) is 12.0 Å². The Morgan fingerprint density at radius 1 is 1.45 bits per heavy atom. The van der Waals surface area contributed by atoms with Crippen molar-refractivity contribution in [3.8, 4) is 5.88 Å². The molecule has 1 fully saturated rings. The van der Waals surface area contributed by atoms with E-state index in [1.807, 2.05) is 25.1 Å². The largest absolute Gasteiger partial charge is 0.472 e. The first-order chi connectivity index (χ1) is 9.72. The van der Waals surface area contributed by atoms with Crippen molar-refractivity contribution in [1.82, 2.24) is 9.88 Å². The summed E-state index contributed by atoms with van der Waals surface area (Å²) in [6.07, 6.45) is 3.80. The predicted octanol–water partition coefficient (Wildman–Crippen LogP) is 2.28. The first kappa shape index (κ1) is 12.7. The molecule has 1 atom stereocenters. The standard InChI is InChI=1S/C15H16N2O3/c1-11-3-2-4-14(16-11)20-13-5-7-17(9-13)15(18)12-6-8-19-10-12/h2-4,6,8,10,13H,5,7,9H2,1H3. The average molecular weight is 272 g/mol. The predicted molar refractivity (Wildman–Crippen MR) is 72.6 cm³/mol.